The number of hydroxylamine groups is 2. The minimum absolute atomic E-state index is 0.131. The zero-order valence-electron chi connectivity index (χ0n) is 22.1. The van der Waals surface area contributed by atoms with Crippen molar-refractivity contribution < 1.29 is 33.8 Å². The molecule has 0 bridgehead atoms. The normalized spacial score (nSPS) is 13.5. The average Bonchev–Trinajstić information content (AvgIpc) is 3.23. The molecule has 0 aromatic heterocycles. The Morgan fingerprint density at radius 1 is 1.03 bits per heavy atom. The summed E-state index contributed by atoms with van der Waals surface area (Å²) in [5.41, 5.74) is 4.33. The molecule has 0 radical (unpaired) electrons. The van der Waals surface area contributed by atoms with Crippen LogP contribution in [-0.4, -0.2) is 43.5 Å². The number of imide groups is 1. The number of hydrogen-bond donors (Lipinski definition) is 0. The first kappa shape index (κ1) is 27.3. The fourth-order valence-corrected chi connectivity index (χ4v) is 4.25. The number of nitrogens with zero attached hydrogens (tertiary/aromatic N) is 3. The van der Waals surface area contributed by atoms with Crippen molar-refractivity contribution in [3.05, 3.63) is 66.0 Å². The molecule has 10 nitrogen and oxygen atoms in total. The zero-order chi connectivity index (χ0) is 28.1. The lowest BCUT2D eigenvalue weighted by atomic mass is 9.93. The minimum atomic E-state index is -0.659. The Kier molecular flexibility index (Phi) is 8.26. The Balaban J connectivity index is 0.000000270. The fraction of sp³-hybridized carbons (Fsp3) is 0.241. The molecule has 0 unspecified atom stereocenters. The maximum atomic E-state index is 11.3. The number of carbonyl (C=O) groups excluding carboxylic acids is 3. The summed E-state index contributed by atoms with van der Waals surface area (Å²) < 4.78 is 6.25. The molecule has 2 aromatic carbocycles. The maximum absolute atomic E-state index is 11.3. The molecule has 0 N–H and O–H groups in total. The number of rotatable bonds is 5. The molecule has 0 atom stereocenters. The Morgan fingerprint density at radius 3 is 2.38 bits per heavy atom. The van der Waals surface area contributed by atoms with Gasteiger partial charge in [0.15, 0.2) is 0 Å². The lowest BCUT2D eigenvalue weighted by Gasteiger charge is -2.20. The van der Waals surface area contributed by atoms with Crippen LogP contribution in [0.25, 0.3) is 33.4 Å². The van der Waals surface area contributed by atoms with E-state index in [1.54, 1.807) is 12.1 Å². The van der Waals surface area contributed by atoms with Crippen LogP contribution in [0.15, 0.2) is 70.1 Å². The number of benzene rings is 3. The third kappa shape index (κ3) is 5.91. The van der Waals surface area contributed by atoms with Crippen molar-refractivity contribution in [2.75, 3.05) is 25.5 Å². The van der Waals surface area contributed by atoms with Crippen LogP contribution in [0, 0.1) is 0 Å². The number of amides is 2. The highest BCUT2D eigenvalue weighted by Crippen LogP contribution is 2.43. The molecule has 39 heavy (non-hydrogen) atoms. The van der Waals surface area contributed by atoms with Gasteiger partial charge in [0, 0.05) is 80.3 Å². The van der Waals surface area contributed by atoms with Gasteiger partial charge in [0.25, 0.3) is 11.8 Å². The van der Waals surface area contributed by atoms with Crippen molar-refractivity contribution in [1.82, 2.24) is 5.06 Å². The van der Waals surface area contributed by atoms with Gasteiger partial charge in [-0.05, 0) is 37.3 Å². The summed E-state index contributed by atoms with van der Waals surface area (Å²) in [5, 5.41) is 13.6. The van der Waals surface area contributed by atoms with Crippen molar-refractivity contribution in [3.63, 3.8) is 0 Å². The molecule has 0 saturated carbocycles. The highest BCUT2D eigenvalue weighted by Gasteiger charge is 2.31. The molecule has 202 valence electrons. The predicted octanol–water partition coefficient (Wildman–Crippen LogP) is 3.46. The quantitative estimate of drug-likeness (QED) is 0.166. The number of anilines is 1. The Bertz CT molecular complexity index is 1560. The van der Waals surface area contributed by atoms with Crippen molar-refractivity contribution in [1.29, 1.82) is 0 Å². The van der Waals surface area contributed by atoms with Crippen LogP contribution in [0.3, 0.4) is 0 Å². The Labute approximate surface area is 224 Å². The van der Waals surface area contributed by atoms with Crippen LogP contribution in [0.4, 0.5) is 5.69 Å². The molecular weight excluding hydrogens is 502 g/mol. The molecule has 2 aliphatic heterocycles. The molecule has 2 heterocycles. The van der Waals surface area contributed by atoms with Gasteiger partial charge >= 0.3 is 5.97 Å². The van der Waals surface area contributed by atoms with Crippen LogP contribution < -0.4 is 20.4 Å². The summed E-state index contributed by atoms with van der Waals surface area (Å²) >= 11 is 0. The molecule has 5 rings (SSSR count). The summed E-state index contributed by atoms with van der Waals surface area (Å²) in [5.74, 6) is -0.562. The largest absolute Gasteiger partial charge is 0.664 e. The second-order valence-corrected chi connectivity index (χ2v) is 8.95. The van der Waals surface area contributed by atoms with Crippen LogP contribution in [0.2, 0.25) is 0 Å². The van der Waals surface area contributed by atoms with E-state index in [1.165, 1.54) is 0 Å². The van der Waals surface area contributed by atoms with E-state index in [-0.39, 0.29) is 18.6 Å². The molecular formula is C29H28N3O7-. The highest BCUT2D eigenvalue weighted by atomic mass is 17.1. The molecule has 10 heteroatoms. The van der Waals surface area contributed by atoms with E-state index >= 15 is 0 Å². The van der Waals surface area contributed by atoms with E-state index in [2.05, 4.69) is 14.7 Å². The van der Waals surface area contributed by atoms with Crippen LogP contribution in [0.5, 0.6) is 5.75 Å². The van der Waals surface area contributed by atoms with E-state index < -0.39 is 17.8 Å². The maximum Gasteiger partial charge on any atom is 0.330 e. The number of carbonyl (C=O) groups is 3. The summed E-state index contributed by atoms with van der Waals surface area (Å²) in [6.07, 6.45) is 0.262. The summed E-state index contributed by atoms with van der Waals surface area (Å²) in [7, 11) is 3.98. The van der Waals surface area contributed by atoms with E-state index in [1.807, 2.05) is 74.4 Å². The van der Waals surface area contributed by atoms with Gasteiger partial charge in [0.05, 0.1) is 5.36 Å². The van der Waals surface area contributed by atoms with Crippen LogP contribution in [0.1, 0.15) is 26.7 Å². The smallest absolute Gasteiger partial charge is 0.330 e. The Morgan fingerprint density at radius 2 is 1.74 bits per heavy atom. The summed E-state index contributed by atoms with van der Waals surface area (Å²) in [4.78, 5) is 47.1. The first-order chi connectivity index (χ1) is 18.7. The van der Waals surface area contributed by atoms with Crippen LogP contribution in [-0.2, 0) is 19.2 Å². The number of hydrogen-bond acceptors (Lipinski definition) is 9. The van der Waals surface area contributed by atoms with E-state index in [4.69, 9.17) is 4.42 Å². The average molecular weight is 531 g/mol. The molecule has 2 aromatic rings. The number of para-hydroxylation sites is 1. The summed E-state index contributed by atoms with van der Waals surface area (Å²) in [6.45, 7) is 3.83. The van der Waals surface area contributed by atoms with Gasteiger partial charge in [0.2, 0.25) is 0 Å². The highest BCUT2D eigenvalue weighted by molar-refractivity contribution is 6.04. The van der Waals surface area contributed by atoms with Crippen molar-refractivity contribution in [3.8, 4) is 28.2 Å². The third-order valence-corrected chi connectivity index (χ3v) is 6.02. The molecule has 2 amide bonds. The summed E-state index contributed by atoms with van der Waals surface area (Å²) in [6, 6.07) is 19.2. The van der Waals surface area contributed by atoms with E-state index in [0.717, 1.165) is 45.6 Å². The van der Waals surface area contributed by atoms with Gasteiger partial charge in [-0.2, -0.15) is 0 Å². The first-order valence-electron chi connectivity index (χ1n) is 12.4. The SMILES string of the molecule is CC(=O)ON1C(=O)CCC1=O.CCN=c1ccc2c(-c3ccccc3O[O-])c3ccc(N(C)C)cc3oc-2c1. The van der Waals surface area contributed by atoms with Crippen molar-refractivity contribution >= 4 is 34.4 Å². The zero-order valence-corrected chi connectivity index (χ0v) is 22.1. The minimum Gasteiger partial charge on any atom is -0.664 e. The molecule has 3 aliphatic rings. The third-order valence-electron chi connectivity index (χ3n) is 6.02. The molecule has 1 aliphatic carbocycles. The lowest BCUT2D eigenvalue weighted by molar-refractivity contribution is -0.634. The van der Waals surface area contributed by atoms with E-state index in [9.17, 15) is 19.6 Å². The topological polar surface area (TPSA) is 125 Å². The van der Waals surface area contributed by atoms with Crippen molar-refractivity contribution in [2.45, 2.75) is 26.7 Å². The second kappa shape index (κ2) is 11.8. The second-order valence-electron chi connectivity index (χ2n) is 8.95. The standard InChI is InChI=1S/C23H22N2O3.C6H7NO4/c1-4-24-15-9-11-18-21(13-15)27-22-14-16(25(2)3)10-12-19(22)23(18)17-7-5-6-8-20(17)28-26;1-4(8)11-7-5(9)2-3-6(7)10/h5-14,26H,4H2,1-3H3;2-3H2,1H3/p-1. The van der Waals surface area contributed by atoms with Gasteiger partial charge < -0.3 is 24.3 Å². The molecule has 0 spiro atoms. The van der Waals surface area contributed by atoms with Crippen LogP contribution >= 0.6 is 0 Å². The van der Waals surface area contributed by atoms with Crippen molar-refractivity contribution in [2.24, 2.45) is 4.99 Å². The molecule has 1 saturated heterocycles. The van der Waals surface area contributed by atoms with E-state index in [0.29, 0.717) is 17.4 Å². The fourth-order valence-electron chi connectivity index (χ4n) is 4.25. The lowest BCUT2D eigenvalue weighted by Crippen LogP contribution is -2.30. The molecule has 1 fully saturated rings. The van der Waals surface area contributed by atoms with Gasteiger partial charge in [-0.25, -0.2) is 4.79 Å². The van der Waals surface area contributed by atoms with Gasteiger partial charge in [-0.3, -0.25) is 14.6 Å². The van der Waals surface area contributed by atoms with Gasteiger partial charge in [-0.1, -0.05) is 18.2 Å². The Hall–Kier alpha value is -4.70. The van der Waals surface area contributed by atoms with Gasteiger partial charge in [-0.15, -0.1) is 5.06 Å². The monoisotopic (exact) mass is 530 g/mol. The predicted molar refractivity (Wildman–Crippen MR) is 142 cm³/mol. The number of fused-ring (bicyclic) bond motifs is 2. The van der Waals surface area contributed by atoms with Gasteiger partial charge in [0.1, 0.15) is 17.1 Å². The first-order valence-corrected chi connectivity index (χ1v) is 12.4.